The minimum atomic E-state index is -1.67. The quantitative estimate of drug-likeness (QED) is 0.0291. The fourth-order valence-corrected chi connectivity index (χ4v) is 8.94. The summed E-state index contributed by atoms with van der Waals surface area (Å²) >= 11 is 0. The van der Waals surface area contributed by atoms with Gasteiger partial charge in [0.25, 0.3) is 14.1 Å². The summed E-state index contributed by atoms with van der Waals surface area (Å²) in [5, 5.41) is 9.40. The molecule has 6 rings (SSSR count). The molecule has 312 valence electrons. The highest BCUT2D eigenvalue weighted by atomic mass is 31.2. The topological polar surface area (TPSA) is 162 Å². The molecule has 1 aliphatic heterocycles. The van der Waals surface area contributed by atoms with Gasteiger partial charge in [0.15, 0.2) is 11.2 Å². The number of fused-ring (bicyclic) bond motifs is 1. The van der Waals surface area contributed by atoms with E-state index in [2.05, 4.69) is 58.4 Å². The molecule has 1 N–H and O–H groups in total. The Morgan fingerprint density at radius 2 is 1.59 bits per heavy atom. The number of rotatable bonds is 19. The lowest BCUT2D eigenvalue weighted by Crippen LogP contribution is -2.39. The Labute approximate surface area is 346 Å². The highest BCUT2D eigenvalue weighted by molar-refractivity contribution is 7.44. The number of ether oxygens (including phenoxy) is 4. The average Bonchev–Trinajstić information content (AvgIpc) is 3.85. The predicted octanol–water partition coefficient (Wildman–Crippen LogP) is 7.32. The molecule has 4 atom stereocenters. The Balaban J connectivity index is 1.45. The molecular formula is C43H53N8O7P. The molecule has 1 saturated heterocycles. The zero-order valence-electron chi connectivity index (χ0n) is 34.8. The number of nitrogens with one attached hydrogen (secondary N) is 1. The lowest BCUT2D eigenvalue weighted by atomic mass is 9.80. The SMILES string of the molecule is COc1ccc(C(OC[C@H]2O[C@@H](n3cnc4c(=O)[nH]c(/N=C/N(C)C)nc43)C[C@H]2OP(OCCC#N)N(C(C)C)C(C)C)(c2ccccc2)c2ccc(OC)cc2)cc1. The number of aromatic amines is 1. The Morgan fingerprint density at radius 1 is 0.983 bits per heavy atom. The maximum atomic E-state index is 13.2. The highest BCUT2D eigenvalue weighted by Gasteiger charge is 2.45. The van der Waals surface area contributed by atoms with Crippen LogP contribution in [0.25, 0.3) is 11.2 Å². The van der Waals surface area contributed by atoms with E-state index >= 15 is 0 Å². The van der Waals surface area contributed by atoms with Crippen molar-refractivity contribution in [2.24, 2.45) is 4.99 Å². The smallest absolute Gasteiger partial charge is 0.280 e. The Kier molecular flexibility index (Phi) is 14.5. The van der Waals surface area contributed by atoms with Crippen molar-refractivity contribution in [2.45, 2.75) is 76.7 Å². The van der Waals surface area contributed by atoms with Crippen LogP contribution < -0.4 is 15.0 Å². The third-order valence-corrected chi connectivity index (χ3v) is 12.0. The normalized spacial score (nSPS) is 17.6. The monoisotopic (exact) mass is 824 g/mol. The first-order valence-corrected chi connectivity index (χ1v) is 20.7. The van der Waals surface area contributed by atoms with Gasteiger partial charge < -0.3 is 32.9 Å². The molecule has 5 aromatic rings. The van der Waals surface area contributed by atoms with Crippen LogP contribution in [0.2, 0.25) is 0 Å². The zero-order valence-corrected chi connectivity index (χ0v) is 35.7. The van der Waals surface area contributed by atoms with E-state index in [4.69, 9.17) is 28.0 Å². The standard InChI is InChI=1S/C43H53N8O7P/c1-29(2)51(30(3)4)59(56-24-12-23-44)58-36-25-38(50-28-45-39-40(50)47-42(48-41(39)52)46-27-49(5)6)57-37(36)26-55-43(31-13-10-9-11-14-31,32-15-19-34(53-7)20-16-32)33-17-21-35(54-8)22-18-33/h9-11,13-22,27-30,36-38H,12,24-26H2,1-8H3,(H,47,48,52)/b46-27+/t36-,37-,38-,59?/m1/s1. The number of imidazole rings is 1. The average molecular weight is 825 g/mol. The minimum absolute atomic E-state index is 0.0673. The predicted molar refractivity (Wildman–Crippen MR) is 227 cm³/mol. The van der Waals surface area contributed by atoms with Crippen LogP contribution in [0, 0.1) is 11.3 Å². The molecule has 1 aliphatic rings. The molecule has 59 heavy (non-hydrogen) atoms. The van der Waals surface area contributed by atoms with Crippen LogP contribution in [0.4, 0.5) is 5.95 Å². The Morgan fingerprint density at radius 3 is 2.15 bits per heavy atom. The van der Waals surface area contributed by atoms with Gasteiger partial charge in [-0.3, -0.25) is 14.3 Å². The molecule has 0 spiro atoms. The van der Waals surface area contributed by atoms with Crippen LogP contribution in [-0.4, -0.2) is 101 Å². The summed E-state index contributed by atoms with van der Waals surface area (Å²) in [5.74, 6) is 1.55. The third kappa shape index (κ3) is 9.82. The molecule has 3 aromatic carbocycles. The molecule has 0 aliphatic carbocycles. The van der Waals surface area contributed by atoms with E-state index in [-0.39, 0.29) is 43.2 Å². The number of nitrogens with zero attached hydrogens (tertiary/aromatic N) is 7. The van der Waals surface area contributed by atoms with E-state index in [1.807, 2.05) is 93.0 Å². The first-order chi connectivity index (χ1) is 28.5. The summed E-state index contributed by atoms with van der Waals surface area (Å²) in [4.78, 5) is 31.0. The lowest BCUT2D eigenvalue weighted by Gasteiger charge is -2.39. The number of aliphatic imine (C=N–C) groups is 1. The van der Waals surface area contributed by atoms with Gasteiger partial charge in [-0.05, 0) is 68.7 Å². The van der Waals surface area contributed by atoms with Gasteiger partial charge in [0, 0.05) is 32.6 Å². The summed E-state index contributed by atoms with van der Waals surface area (Å²) in [6.07, 6.45) is 1.79. The molecule has 1 fully saturated rings. The molecule has 0 saturated carbocycles. The van der Waals surface area contributed by atoms with Crippen molar-refractivity contribution < 1.29 is 28.0 Å². The number of hydrogen-bond donors (Lipinski definition) is 1. The zero-order chi connectivity index (χ0) is 42.1. The highest BCUT2D eigenvalue weighted by Crippen LogP contribution is 2.51. The van der Waals surface area contributed by atoms with E-state index in [9.17, 15) is 10.1 Å². The Bertz CT molecular complexity index is 2190. The van der Waals surface area contributed by atoms with Crippen LogP contribution in [0.5, 0.6) is 11.5 Å². The first-order valence-electron chi connectivity index (χ1n) is 19.6. The number of methoxy groups -OCH3 is 2. The lowest BCUT2D eigenvalue weighted by molar-refractivity contribution is -0.0912. The Hall–Kier alpha value is -5.20. The van der Waals surface area contributed by atoms with Crippen LogP contribution >= 0.6 is 8.53 Å². The van der Waals surface area contributed by atoms with Crippen molar-refractivity contribution in [3.05, 3.63) is 112 Å². The van der Waals surface area contributed by atoms with Gasteiger partial charge in [-0.1, -0.05) is 54.6 Å². The molecule has 2 aromatic heterocycles. The summed E-state index contributed by atoms with van der Waals surface area (Å²) in [7, 11) is 5.26. The summed E-state index contributed by atoms with van der Waals surface area (Å²) in [6.45, 7) is 8.65. The maximum Gasteiger partial charge on any atom is 0.280 e. The molecule has 0 amide bonds. The summed E-state index contributed by atoms with van der Waals surface area (Å²) < 4.78 is 42.7. The number of aromatic nitrogens is 4. The van der Waals surface area contributed by atoms with E-state index < -0.39 is 38.1 Å². The van der Waals surface area contributed by atoms with Crippen molar-refractivity contribution in [1.82, 2.24) is 29.1 Å². The van der Waals surface area contributed by atoms with E-state index in [1.54, 1.807) is 36.4 Å². The maximum absolute atomic E-state index is 13.2. The van der Waals surface area contributed by atoms with Crippen molar-refractivity contribution in [3.8, 4) is 17.6 Å². The second-order valence-corrected chi connectivity index (χ2v) is 16.2. The largest absolute Gasteiger partial charge is 0.497 e. The number of H-pyrrole nitrogens is 1. The van der Waals surface area contributed by atoms with E-state index in [0.717, 1.165) is 16.7 Å². The van der Waals surface area contributed by atoms with Gasteiger partial charge >= 0.3 is 0 Å². The molecule has 0 radical (unpaired) electrons. The number of hydrogen-bond acceptors (Lipinski definition) is 12. The van der Waals surface area contributed by atoms with Crippen molar-refractivity contribution in [1.29, 1.82) is 5.26 Å². The van der Waals surface area contributed by atoms with E-state index in [0.29, 0.717) is 23.6 Å². The summed E-state index contributed by atoms with van der Waals surface area (Å²) in [5.41, 5.74) is 1.55. The van der Waals surface area contributed by atoms with Crippen molar-refractivity contribution >= 4 is 32.0 Å². The molecule has 0 bridgehead atoms. The van der Waals surface area contributed by atoms with Gasteiger partial charge in [0.1, 0.15) is 29.4 Å². The van der Waals surface area contributed by atoms with Crippen LogP contribution in [-0.2, 0) is 24.1 Å². The number of benzene rings is 3. The second-order valence-electron chi connectivity index (χ2n) is 14.8. The van der Waals surface area contributed by atoms with E-state index in [1.165, 1.54) is 0 Å². The van der Waals surface area contributed by atoms with Crippen LogP contribution in [0.1, 0.15) is 63.5 Å². The summed E-state index contributed by atoms with van der Waals surface area (Å²) in [6, 6.07) is 28.1. The fourth-order valence-electron chi connectivity index (χ4n) is 7.18. The molecular weight excluding hydrogens is 771 g/mol. The fraction of sp³-hybridized carbons (Fsp3) is 0.419. The van der Waals surface area contributed by atoms with Crippen LogP contribution in [0.3, 0.4) is 0 Å². The first kappa shape index (κ1) is 43.4. The molecule has 3 heterocycles. The third-order valence-electron chi connectivity index (χ3n) is 9.85. The van der Waals surface area contributed by atoms with Crippen molar-refractivity contribution in [3.63, 3.8) is 0 Å². The van der Waals surface area contributed by atoms with Gasteiger partial charge in [-0.15, -0.1) is 0 Å². The van der Waals surface area contributed by atoms with Crippen LogP contribution in [0.15, 0.2) is 95.0 Å². The minimum Gasteiger partial charge on any atom is -0.497 e. The van der Waals surface area contributed by atoms with Gasteiger partial charge in [-0.2, -0.15) is 10.2 Å². The van der Waals surface area contributed by atoms with Gasteiger partial charge in [-0.25, -0.2) is 14.6 Å². The van der Waals surface area contributed by atoms with Crippen molar-refractivity contribution in [2.75, 3.05) is 41.5 Å². The second kappa shape index (κ2) is 19.7. The van der Waals surface area contributed by atoms with Gasteiger partial charge in [0.05, 0.1) is 58.7 Å². The van der Waals surface area contributed by atoms with Gasteiger partial charge in [0.2, 0.25) is 5.95 Å². The molecule has 15 nitrogen and oxygen atoms in total. The molecule has 1 unspecified atom stereocenters. The molecule has 16 heteroatoms. The number of nitriles is 1.